The maximum Gasteiger partial charge on any atom is 0.393 e. The third kappa shape index (κ3) is 5.65. The van der Waals surface area contributed by atoms with Crippen molar-refractivity contribution < 1.29 is 26.9 Å². The van der Waals surface area contributed by atoms with Crippen LogP contribution in [0.4, 0.5) is 23.2 Å². The summed E-state index contributed by atoms with van der Waals surface area (Å²) >= 11 is 1.09. The van der Waals surface area contributed by atoms with Crippen molar-refractivity contribution in [2.75, 3.05) is 18.4 Å². The maximum atomic E-state index is 14.4. The minimum atomic E-state index is -4.48. The Kier molecular flexibility index (Phi) is 7.34. The number of carbonyl (C=O) groups is 1. The summed E-state index contributed by atoms with van der Waals surface area (Å²) in [4.78, 5) is 16.8. The highest BCUT2D eigenvalue weighted by atomic mass is 32.1. The molecule has 3 aromatic heterocycles. The van der Waals surface area contributed by atoms with Crippen molar-refractivity contribution in [2.45, 2.75) is 51.2 Å². The molecule has 4 heterocycles. The molecule has 0 bridgehead atoms. The number of halogens is 4. The van der Waals surface area contributed by atoms with E-state index in [4.69, 9.17) is 4.52 Å². The predicted octanol–water partition coefficient (Wildman–Crippen LogP) is 4.31. The third-order valence-electron chi connectivity index (χ3n) is 6.24. The number of hydrogen-bond acceptors (Lipinski definition) is 8. The second-order valence-corrected chi connectivity index (χ2v) is 9.94. The van der Waals surface area contributed by atoms with E-state index in [1.807, 2.05) is 6.92 Å². The molecular weight excluding hydrogens is 526 g/mol. The summed E-state index contributed by atoms with van der Waals surface area (Å²) in [6.07, 6.45) is -3.22. The van der Waals surface area contributed by atoms with E-state index >= 15 is 0 Å². The molecule has 0 aliphatic carbocycles. The number of benzene rings is 1. The van der Waals surface area contributed by atoms with E-state index in [9.17, 15) is 22.4 Å². The maximum absolute atomic E-state index is 14.4. The Morgan fingerprint density at radius 3 is 2.92 bits per heavy atom. The monoisotopic (exact) mass is 551 g/mol. The Morgan fingerprint density at radius 2 is 2.18 bits per heavy atom. The number of carbonyl (C=O) groups excluding carboxylic acids is 1. The van der Waals surface area contributed by atoms with Gasteiger partial charge in [-0.05, 0) is 36.9 Å². The summed E-state index contributed by atoms with van der Waals surface area (Å²) in [6.45, 7) is 3.25. The fourth-order valence-corrected chi connectivity index (χ4v) is 5.58. The van der Waals surface area contributed by atoms with Gasteiger partial charge in [0.25, 0.3) is 5.91 Å². The van der Waals surface area contributed by atoms with E-state index in [1.165, 1.54) is 6.20 Å². The second kappa shape index (κ2) is 10.7. The standard InChI is InChI=1S/C24H25F4N7O2S/c1-2-35-12-13(9-31-35)23(36)30-11-19-33-22(34-37-19)21-15(8-24(26,27)28)14-4-3-5-18(20(14)38-21)32-17-6-7-29-10-16(17)25/h3-5,9,12,16-17,29,32H,2,6-8,10-11H2,1H3,(H,30,36)/t16-,17+/m0/s1. The van der Waals surface area contributed by atoms with Crippen molar-refractivity contribution in [3.63, 3.8) is 0 Å². The van der Waals surface area contributed by atoms with Gasteiger partial charge >= 0.3 is 6.18 Å². The number of thiophene rings is 1. The fraction of sp³-hybridized carbons (Fsp3) is 0.417. The molecule has 1 aliphatic heterocycles. The highest BCUT2D eigenvalue weighted by molar-refractivity contribution is 7.23. The lowest BCUT2D eigenvalue weighted by atomic mass is 10.0. The highest BCUT2D eigenvalue weighted by Crippen LogP contribution is 2.43. The number of nitrogens with zero attached hydrogens (tertiary/aromatic N) is 4. The molecule has 1 fully saturated rings. The zero-order valence-electron chi connectivity index (χ0n) is 20.3. The van der Waals surface area contributed by atoms with Crippen LogP contribution in [0.5, 0.6) is 0 Å². The molecule has 5 rings (SSSR count). The molecule has 0 spiro atoms. The Balaban J connectivity index is 1.42. The van der Waals surface area contributed by atoms with Crippen molar-refractivity contribution in [3.8, 4) is 10.7 Å². The summed E-state index contributed by atoms with van der Waals surface area (Å²) in [5, 5.41) is 17.1. The van der Waals surface area contributed by atoms with Crippen LogP contribution in [-0.4, -0.2) is 57.3 Å². The van der Waals surface area contributed by atoms with Gasteiger partial charge in [-0.15, -0.1) is 11.3 Å². The first-order chi connectivity index (χ1) is 18.2. The number of amides is 1. The Morgan fingerprint density at radius 1 is 1.34 bits per heavy atom. The van der Waals surface area contributed by atoms with Crippen molar-refractivity contribution in [3.05, 3.63) is 47.6 Å². The average molecular weight is 552 g/mol. The number of aromatic nitrogens is 4. The van der Waals surface area contributed by atoms with Crippen LogP contribution in [0.15, 0.2) is 35.1 Å². The molecule has 1 aromatic carbocycles. The van der Waals surface area contributed by atoms with E-state index in [0.717, 1.165) is 11.3 Å². The van der Waals surface area contributed by atoms with Gasteiger partial charge in [-0.1, -0.05) is 17.3 Å². The third-order valence-corrected chi connectivity index (χ3v) is 7.51. The number of alkyl halides is 4. The van der Waals surface area contributed by atoms with Gasteiger partial charge in [0.15, 0.2) is 0 Å². The van der Waals surface area contributed by atoms with Crippen molar-refractivity contribution in [1.82, 2.24) is 30.6 Å². The first-order valence-corrected chi connectivity index (χ1v) is 12.9. The number of piperidine rings is 1. The van der Waals surface area contributed by atoms with Crippen molar-refractivity contribution >= 4 is 33.0 Å². The van der Waals surface area contributed by atoms with E-state index in [1.54, 1.807) is 29.1 Å². The van der Waals surface area contributed by atoms with E-state index < -0.39 is 30.7 Å². The number of nitrogens with one attached hydrogen (secondary N) is 3. The zero-order valence-corrected chi connectivity index (χ0v) is 21.1. The van der Waals surface area contributed by atoms with Gasteiger partial charge in [0.1, 0.15) is 6.17 Å². The van der Waals surface area contributed by atoms with Crippen molar-refractivity contribution in [1.29, 1.82) is 0 Å². The van der Waals surface area contributed by atoms with Crippen molar-refractivity contribution in [2.24, 2.45) is 0 Å². The predicted molar refractivity (Wildman–Crippen MR) is 134 cm³/mol. The SMILES string of the molecule is CCn1cc(C(=O)NCc2nc(-c3sc4c(N[C@@H]5CCNC[C@@H]5F)cccc4c3CC(F)(F)F)no2)cn1. The van der Waals surface area contributed by atoms with E-state index in [-0.39, 0.29) is 35.2 Å². The Hall–Kier alpha value is -3.52. The lowest BCUT2D eigenvalue weighted by molar-refractivity contribution is -0.126. The molecule has 3 N–H and O–H groups in total. The van der Waals surface area contributed by atoms with Crippen LogP contribution < -0.4 is 16.0 Å². The smallest absolute Gasteiger partial charge is 0.378 e. The minimum Gasteiger partial charge on any atom is -0.378 e. The van der Waals surface area contributed by atoms with Gasteiger partial charge in [0.2, 0.25) is 11.7 Å². The topological polar surface area (TPSA) is 110 Å². The van der Waals surface area contributed by atoms with Crippen LogP contribution >= 0.6 is 11.3 Å². The number of fused-ring (bicyclic) bond motifs is 1. The molecule has 1 saturated heterocycles. The number of rotatable bonds is 8. The second-order valence-electron chi connectivity index (χ2n) is 8.92. The van der Waals surface area contributed by atoms with Crippen LogP contribution in [-0.2, 0) is 19.5 Å². The van der Waals surface area contributed by atoms with E-state index in [0.29, 0.717) is 40.8 Å². The molecule has 38 heavy (non-hydrogen) atoms. The van der Waals surface area contributed by atoms with E-state index in [2.05, 4.69) is 31.2 Å². The number of aryl methyl sites for hydroxylation is 1. The highest BCUT2D eigenvalue weighted by Gasteiger charge is 2.33. The van der Waals surface area contributed by atoms with Gasteiger partial charge in [-0.25, -0.2) is 4.39 Å². The first kappa shape index (κ1) is 26.1. The molecular formula is C24H25F4N7O2S. The van der Waals surface area contributed by atoms with Gasteiger partial charge < -0.3 is 20.5 Å². The lowest BCUT2D eigenvalue weighted by Crippen LogP contribution is -2.45. The zero-order chi connectivity index (χ0) is 26.9. The van der Waals surface area contributed by atoms with Gasteiger partial charge in [0.05, 0.1) is 46.0 Å². The van der Waals surface area contributed by atoms with Gasteiger partial charge in [0, 0.05) is 19.3 Å². The lowest BCUT2D eigenvalue weighted by Gasteiger charge is -2.28. The molecule has 0 radical (unpaired) electrons. The molecule has 1 amide bonds. The summed E-state index contributed by atoms with van der Waals surface area (Å²) in [5.74, 6) is -0.367. The van der Waals surface area contributed by atoms with Crippen LogP contribution in [0.25, 0.3) is 20.8 Å². The van der Waals surface area contributed by atoms with Gasteiger partial charge in [-0.2, -0.15) is 23.3 Å². The fourth-order valence-electron chi connectivity index (χ4n) is 4.35. The molecule has 202 valence electrons. The normalized spacial score (nSPS) is 18.1. The molecule has 14 heteroatoms. The molecule has 0 saturated carbocycles. The molecule has 0 unspecified atom stereocenters. The summed E-state index contributed by atoms with van der Waals surface area (Å²) in [5.41, 5.74) is 0.930. The van der Waals surface area contributed by atoms with Crippen LogP contribution in [0.1, 0.15) is 35.2 Å². The van der Waals surface area contributed by atoms with Crippen LogP contribution in [0.2, 0.25) is 0 Å². The quantitative estimate of drug-likeness (QED) is 0.280. The molecule has 9 nitrogen and oxygen atoms in total. The average Bonchev–Trinajstić information content (AvgIpc) is 3.62. The molecule has 2 atom stereocenters. The summed E-state index contributed by atoms with van der Waals surface area (Å²) in [6, 6.07) is 4.53. The van der Waals surface area contributed by atoms with Crippen LogP contribution in [0.3, 0.4) is 0 Å². The Bertz CT molecular complexity index is 1430. The van der Waals surface area contributed by atoms with Gasteiger partial charge in [-0.3, -0.25) is 9.48 Å². The summed E-state index contributed by atoms with van der Waals surface area (Å²) in [7, 11) is 0. The molecule has 1 aliphatic rings. The van der Waals surface area contributed by atoms with Crippen LogP contribution in [0, 0.1) is 0 Å². The minimum absolute atomic E-state index is 0.00955. The number of anilines is 1. The largest absolute Gasteiger partial charge is 0.393 e. The Labute approximate surface area is 218 Å². The number of hydrogen-bond donors (Lipinski definition) is 3. The molecule has 4 aromatic rings. The summed E-state index contributed by atoms with van der Waals surface area (Å²) < 4.78 is 62.6. The first-order valence-electron chi connectivity index (χ1n) is 12.1.